The minimum absolute atomic E-state index is 0.00819. The summed E-state index contributed by atoms with van der Waals surface area (Å²) in [5.41, 5.74) is 7.52. The summed E-state index contributed by atoms with van der Waals surface area (Å²) < 4.78 is 70.3. The molecule has 278 valence electrons. The smallest absolute Gasteiger partial charge is 0.319 e. The van der Waals surface area contributed by atoms with Crippen LogP contribution in [-0.2, 0) is 11.2 Å². The Labute approximate surface area is 305 Å². The van der Waals surface area contributed by atoms with Crippen LogP contribution < -0.4 is 24.8 Å². The van der Waals surface area contributed by atoms with Gasteiger partial charge in [0.2, 0.25) is 5.88 Å². The largest absolute Gasteiger partial charge is 0.475 e. The molecule has 1 unspecified atom stereocenters. The van der Waals surface area contributed by atoms with Crippen molar-refractivity contribution >= 4 is 33.3 Å². The molecule has 3 aliphatic rings. The molecule has 0 bridgehead atoms. The van der Waals surface area contributed by atoms with E-state index in [0.29, 0.717) is 84.9 Å². The fourth-order valence-electron chi connectivity index (χ4n) is 7.71. The molecule has 2 aromatic carbocycles. The van der Waals surface area contributed by atoms with Gasteiger partial charge in [0.15, 0.2) is 12.6 Å². The number of anilines is 2. The molecule has 1 aliphatic carbocycles. The molecule has 0 radical (unpaired) electrons. The summed E-state index contributed by atoms with van der Waals surface area (Å²) >= 11 is 0. The molecule has 53 heavy (non-hydrogen) atoms. The average molecular weight is 730 g/mol. The van der Waals surface area contributed by atoms with Crippen LogP contribution in [-0.4, -0.2) is 84.3 Å². The van der Waals surface area contributed by atoms with E-state index in [1.807, 2.05) is 30.9 Å². The second kappa shape index (κ2) is 14.1. The third-order valence-electron chi connectivity index (χ3n) is 10.7. The Bertz CT molecular complexity index is 2190. The molecule has 2 aliphatic heterocycles. The number of rotatable bonds is 12. The van der Waals surface area contributed by atoms with Crippen molar-refractivity contribution in [2.45, 2.75) is 51.7 Å². The first-order chi connectivity index (χ1) is 25.7. The van der Waals surface area contributed by atoms with E-state index in [4.69, 9.17) is 34.6 Å². The van der Waals surface area contributed by atoms with Crippen LogP contribution in [0.1, 0.15) is 50.3 Å². The van der Waals surface area contributed by atoms with Crippen LogP contribution in [0, 0.1) is 17.0 Å². The first-order valence-corrected chi connectivity index (χ1v) is 18.1. The predicted molar refractivity (Wildman–Crippen MR) is 195 cm³/mol. The van der Waals surface area contributed by atoms with Gasteiger partial charge in [-0.3, -0.25) is 4.90 Å². The fourth-order valence-corrected chi connectivity index (χ4v) is 7.71. The van der Waals surface area contributed by atoms with Crippen molar-refractivity contribution in [3.05, 3.63) is 65.4 Å². The minimum atomic E-state index is -0.814. The Kier molecular flexibility index (Phi) is 9.35. The number of alkyl halides is 1. The molecule has 2 atom stereocenters. The number of hydrogen-bond acceptors (Lipinski definition) is 11. The molecule has 3 aromatic heterocycles. The van der Waals surface area contributed by atoms with Crippen LogP contribution in [0.3, 0.4) is 0 Å². The van der Waals surface area contributed by atoms with Gasteiger partial charge in [-0.25, -0.2) is 23.1 Å². The summed E-state index contributed by atoms with van der Waals surface area (Å²) in [6.07, 6.45) is 3.55. The van der Waals surface area contributed by atoms with Crippen molar-refractivity contribution in [2.75, 3.05) is 63.9 Å². The molecule has 5 aromatic rings. The molecule has 1 saturated heterocycles. The van der Waals surface area contributed by atoms with Gasteiger partial charge in [-0.05, 0) is 73.2 Å². The summed E-state index contributed by atoms with van der Waals surface area (Å²) in [5.74, 6) is 0.0990. The van der Waals surface area contributed by atoms with E-state index in [-0.39, 0.29) is 53.3 Å². The lowest BCUT2D eigenvalue weighted by molar-refractivity contribution is 0.0512. The van der Waals surface area contributed by atoms with Crippen molar-refractivity contribution in [1.29, 1.82) is 0 Å². The van der Waals surface area contributed by atoms with Gasteiger partial charge in [0.1, 0.15) is 52.6 Å². The number of hydrogen-bond donors (Lipinski definition) is 1. The van der Waals surface area contributed by atoms with Crippen LogP contribution >= 0.6 is 0 Å². The highest BCUT2D eigenvalue weighted by molar-refractivity contribution is 6.03. The van der Waals surface area contributed by atoms with Crippen molar-refractivity contribution in [3.63, 3.8) is 0 Å². The molecular weight excluding hydrogens is 687 g/mol. The van der Waals surface area contributed by atoms with Gasteiger partial charge in [0, 0.05) is 49.5 Å². The van der Waals surface area contributed by atoms with Gasteiger partial charge in [0.25, 0.3) is 0 Å². The van der Waals surface area contributed by atoms with E-state index in [2.05, 4.69) is 14.9 Å². The van der Waals surface area contributed by atoms with E-state index >= 15 is 8.78 Å². The molecule has 0 spiro atoms. The van der Waals surface area contributed by atoms with Crippen molar-refractivity contribution in [1.82, 2.24) is 24.8 Å². The van der Waals surface area contributed by atoms with Crippen LogP contribution in [0.25, 0.3) is 32.9 Å². The number of nitrogens with zero attached hydrogens (tertiary/aromatic N) is 6. The van der Waals surface area contributed by atoms with Crippen molar-refractivity contribution in [2.24, 2.45) is 5.41 Å². The highest BCUT2D eigenvalue weighted by Crippen LogP contribution is 2.48. The zero-order chi connectivity index (χ0) is 36.9. The van der Waals surface area contributed by atoms with E-state index in [1.165, 1.54) is 13.2 Å². The lowest BCUT2D eigenvalue weighted by Crippen LogP contribution is -2.33. The first kappa shape index (κ1) is 35.1. The highest BCUT2D eigenvalue weighted by atomic mass is 19.1. The average Bonchev–Trinajstić information content (AvgIpc) is 3.85. The van der Waals surface area contributed by atoms with Gasteiger partial charge in [0.05, 0.1) is 19.2 Å². The summed E-state index contributed by atoms with van der Waals surface area (Å²) in [5, 5.41) is 1.42. The monoisotopic (exact) mass is 729 g/mol. The number of ether oxygens (including phenoxy) is 4. The normalized spacial score (nSPS) is 18.6. The van der Waals surface area contributed by atoms with Crippen LogP contribution in [0.4, 0.5) is 24.8 Å². The van der Waals surface area contributed by atoms with E-state index in [0.717, 1.165) is 18.4 Å². The van der Waals surface area contributed by atoms with Crippen LogP contribution in [0.15, 0.2) is 42.6 Å². The molecule has 0 amide bonds. The standard InChI is InChI=1S/C39H42F3N7O4/c1-4-26-29(41)8-7-23-16-25(53-21-50-3)17-28(30(23)26)33-32(42)34-31-36(47-38(46-34)52-20-39(10-11-39)19-48-13-9-24(40)18-48)49(14-15-51-37(31)45-33)22(2)27-6-5-12-44-35(27)43/h5-8,12,16-17,22,24H,4,9-11,13-15,18-21H2,1-3H3,(H2,43,44)/t22?,24-/m1/s1. The predicted octanol–water partition coefficient (Wildman–Crippen LogP) is 6.81. The van der Waals surface area contributed by atoms with Gasteiger partial charge in [-0.15, -0.1) is 0 Å². The second-order valence-corrected chi connectivity index (χ2v) is 14.2. The Hall–Kier alpha value is -4.95. The number of halogens is 3. The number of likely N-dealkylation sites (tertiary alicyclic amines) is 1. The maximum atomic E-state index is 17.4. The lowest BCUT2D eigenvalue weighted by Gasteiger charge is -2.30. The lowest BCUT2D eigenvalue weighted by atomic mass is 9.94. The maximum absolute atomic E-state index is 17.4. The van der Waals surface area contributed by atoms with E-state index in [9.17, 15) is 4.39 Å². The topological polar surface area (TPSA) is 121 Å². The number of nitrogens with two attached hydrogens (primary N) is 1. The maximum Gasteiger partial charge on any atom is 0.319 e. The van der Waals surface area contributed by atoms with Gasteiger partial charge < -0.3 is 29.6 Å². The zero-order valence-electron chi connectivity index (χ0n) is 30.0. The molecule has 5 heterocycles. The Balaban J connectivity index is 1.29. The summed E-state index contributed by atoms with van der Waals surface area (Å²) in [7, 11) is 1.50. The Morgan fingerprint density at radius 1 is 1.08 bits per heavy atom. The third-order valence-corrected chi connectivity index (χ3v) is 10.7. The third kappa shape index (κ3) is 6.63. The molecule has 14 heteroatoms. The first-order valence-electron chi connectivity index (χ1n) is 18.1. The van der Waals surface area contributed by atoms with Gasteiger partial charge in [-0.2, -0.15) is 9.97 Å². The summed E-state index contributed by atoms with van der Waals surface area (Å²) in [4.78, 5) is 22.8. The zero-order valence-corrected chi connectivity index (χ0v) is 30.0. The molecular formula is C39H42F3N7O4. The summed E-state index contributed by atoms with van der Waals surface area (Å²) in [6, 6.07) is 9.78. The second-order valence-electron chi connectivity index (χ2n) is 14.2. The summed E-state index contributed by atoms with van der Waals surface area (Å²) in [6.45, 7) is 6.44. The van der Waals surface area contributed by atoms with E-state index in [1.54, 1.807) is 24.4 Å². The van der Waals surface area contributed by atoms with Crippen LogP contribution in [0.2, 0.25) is 0 Å². The molecule has 11 nitrogen and oxygen atoms in total. The number of benzene rings is 2. The SMILES string of the molecule is CCc1c(F)ccc2cc(OCOC)cc(-c3nc4c5c(nc(OCC6(CN7CC[C@@H](F)C7)CC6)nc5c3F)N(C(C)c3cccnc3N)CCO4)c12. The molecule has 2 fully saturated rings. The highest BCUT2D eigenvalue weighted by Gasteiger charge is 2.46. The van der Waals surface area contributed by atoms with E-state index < -0.39 is 17.8 Å². The Morgan fingerprint density at radius 2 is 1.92 bits per heavy atom. The number of fused-ring (bicyclic) bond motifs is 1. The number of nitrogen functional groups attached to an aromatic ring is 1. The van der Waals surface area contributed by atoms with Crippen LogP contribution in [0.5, 0.6) is 17.6 Å². The number of aryl methyl sites for hydroxylation is 1. The molecule has 1 saturated carbocycles. The number of aromatic nitrogens is 4. The molecule has 8 rings (SSSR count). The van der Waals surface area contributed by atoms with Crippen molar-refractivity contribution in [3.8, 4) is 28.9 Å². The number of methoxy groups -OCH3 is 1. The quantitative estimate of drug-likeness (QED) is 0.136. The molecule has 2 N–H and O–H groups in total. The number of pyridine rings is 2. The van der Waals surface area contributed by atoms with Gasteiger partial charge >= 0.3 is 6.01 Å². The van der Waals surface area contributed by atoms with Gasteiger partial charge in [-0.1, -0.05) is 19.1 Å². The van der Waals surface area contributed by atoms with Crippen molar-refractivity contribution < 1.29 is 32.1 Å². The fraction of sp³-hybridized carbons (Fsp3) is 0.436. The minimum Gasteiger partial charge on any atom is -0.475 e. The Morgan fingerprint density at radius 3 is 2.66 bits per heavy atom.